The summed E-state index contributed by atoms with van der Waals surface area (Å²) in [5, 5.41) is 2.77. The van der Waals surface area contributed by atoms with E-state index in [1.807, 2.05) is 0 Å². The SMILES string of the molecule is COC(=O)C(Cc1c(Cl)sc(Cl)c1Cl)NC(C)=O. The zero-order valence-corrected chi connectivity index (χ0v) is 12.6. The summed E-state index contributed by atoms with van der Waals surface area (Å²) >= 11 is 18.9. The number of thiophene rings is 1. The lowest BCUT2D eigenvalue weighted by Crippen LogP contribution is -2.42. The van der Waals surface area contributed by atoms with Gasteiger partial charge in [-0.15, -0.1) is 11.3 Å². The number of hydrogen-bond acceptors (Lipinski definition) is 4. The average molecular weight is 331 g/mol. The van der Waals surface area contributed by atoms with Crippen LogP contribution >= 0.6 is 46.1 Å². The predicted molar refractivity (Wildman–Crippen MR) is 72.7 cm³/mol. The van der Waals surface area contributed by atoms with E-state index in [1.54, 1.807) is 0 Å². The normalized spacial score (nSPS) is 12.1. The molecule has 1 aromatic heterocycles. The van der Waals surface area contributed by atoms with Crippen molar-refractivity contribution < 1.29 is 14.3 Å². The van der Waals surface area contributed by atoms with Crippen LogP contribution in [-0.2, 0) is 20.7 Å². The minimum absolute atomic E-state index is 0.132. The summed E-state index contributed by atoms with van der Waals surface area (Å²) in [6.45, 7) is 1.31. The molecule has 0 saturated heterocycles. The van der Waals surface area contributed by atoms with E-state index < -0.39 is 12.0 Å². The quantitative estimate of drug-likeness (QED) is 0.864. The van der Waals surface area contributed by atoms with Crippen molar-refractivity contribution in [3.63, 3.8) is 0 Å². The Labute approximate surface area is 123 Å². The van der Waals surface area contributed by atoms with Crippen LogP contribution in [0.25, 0.3) is 0 Å². The molecular formula is C10H10Cl3NO3S. The minimum atomic E-state index is -0.840. The van der Waals surface area contributed by atoms with Crippen LogP contribution in [0.5, 0.6) is 0 Å². The summed E-state index contributed by atoms with van der Waals surface area (Å²) in [5.41, 5.74) is 0.525. The molecule has 1 atom stereocenters. The van der Waals surface area contributed by atoms with Crippen LogP contribution in [0.2, 0.25) is 13.7 Å². The van der Waals surface area contributed by atoms with Crippen LogP contribution in [0.15, 0.2) is 0 Å². The molecule has 1 aromatic rings. The standard InChI is InChI=1S/C10H10Cl3NO3S/c1-4(15)14-6(10(16)17-2)3-5-7(11)9(13)18-8(5)12/h6H,3H2,1-2H3,(H,14,15). The molecule has 0 aliphatic heterocycles. The van der Waals surface area contributed by atoms with Gasteiger partial charge in [-0.25, -0.2) is 4.79 Å². The second-order valence-corrected chi connectivity index (χ2v) is 6.03. The van der Waals surface area contributed by atoms with E-state index in [-0.39, 0.29) is 12.3 Å². The Hall–Kier alpha value is -0.490. The van der Waals surface area contributed by atoms with Gasteiger partial charge in [0.2, 0.25) is 5.91 Å². The summed E-state index contributed by atoms with van der Waals surface area (Å²) in [6.07, 6.45) is 0.132. The van der Waals surface area contributed by atoms with Crippen LogP contribution in [-0.4, -0.2) is 25.0 Å². The third-order valence-corrected chi connectivity index (χ3v) is 4.44. The highest BCUT2D eigenvalue weighted by atomic mass is 35.5. The topological polar surface area (TPSA) is 55.4 Å². The fourth-order valence-electron chi connectivity index (χ4n) is 1.34. The van der Waals surface area contributed by atoms with Gasteiger partial charge in [-0.1, -0.05) is 34.8 Å². The van der Waals surface area contributed by atoms with E-state index in [9.17, 15) is 9.59 Å². The zero-order valence-electron chi connectivity index (χ0n) is 9.55. The highest BCUT2D eigenvalue weighted by Gasteiger charge is 2.25. The molecule has 8 heteroatoms. The molecule has 0 aromatic carbocycles. The lowest BCUT2D eigenvalue weighted by Gasteiger charge is -2.15. The van der Waals surface area contributed by atoms with E-state index in [4.69, 9.17) is 34.8 Å². The Kier molecular flexibility index (Phi) is 5.72. The molecular weight excluding hydrogens is 321 g/mol. The number of carbonyl (C=O) groups is 2. The molecule has 1 rings (SSSR count). The van der Waals surface area contributed by atoms with Crippen molar-refractivity contribution in [1.82, 2.24) is 5.32 Å². The number of esters is 1. The van der Waals surface area contributed by atoms with Gasteiger partial charge in [-0.05, 0) is 0 Å². The van der Waals surface area contributed by atoms with Crippen molar-refractivity contribution in [2.24, 2.45) is 0 Å². The van der Waals surface area contributed by atoms with Crippen molar-refractivity contribution >= 4 is 58.0 Å². The van der Waals surface area contributed by atoms with Gasteiger partial charge in [0, 0.05) is 18.9 Å². The second-order valence-electron chi connectivity index (χ2n) is 3.42. The number of amides is 1. The number of methoxy groups -OCH3 is 1. The molecule has 1 unspecified atom stereocenters. The fourth-order valence-corrected chi connectivity index (χ4v) is 3.28. The number of carbonyl (C=O) groups excluding carboxylic acids is 2. The molecule has 0 saturated carbocycles. The molecule has 1 heterocycles. The lowest BCUT2D eigenvalue weighted by molar-refractivity contribution is -0.144. The number of ether oxygens (including phenoxy) is 1. The Bertz CT molecular complexity index is 475. The van der Waals surface area contributed by atoms with Gasteiger partial charge in [-0.2, -0.15) is 0 Å². The van der Waals surface area contributed by atoms with E-state index in [0.29, 0.717) is 19.3 Å². The molecule has 0 aliphatic carbocycles. The van der Waals surface area contributed by atoms with Gasteiger partial charge in [0.05, 0.1) is 16.5 Å². The third-order valence-electron chi connectivity index (χ3n) is 2.13. The lowest BCUT2D eigenvalue weighted by atomic mass is 10.1. The highest BCUT2D eigenvalue weighted by molar-refractivity contribution is 7.20. The molecule has 1 amide bonds. The summed E-state index contributed by atoms with van der Waals surface area (Å²) < 4.78 is 5.35. The van der Waals surface area contributed by atoms with Gasteiger partial charge in [0.1, 0.15) is 10.4 Å². The maximum absolute atomic E-state index is 11.5. The first-order valence-corrected chi connectivity index (χ1v) is 6.79. The molecule has 18 heavy (non-hydrogen) atoms. The summed E-state index contributed by atoms with van der Waals surface area (Å²) in [4.78, 5) is 22.6. The van der Waals surface area contributed by atoms with E-state index in [0.717, 1.165) is 11.3 Å². The molecule has 0 bridgehead atoms. The van der Waals surface area contributed by atoms with E-state index in [1.165, 1.54) is 14.0 Å². The van der Waals surface area contributed by atoms with Gasteiger partial charge >= 0.3 is 5.97 Å². The van der Waals surface area contributed by atoms with Crippen LogP contribution in [0, 0.1) is 0 Å². The number of rotatable bonds is 4. The molecule has 1 N–H and O–H groups in total. The van der Waals surface area contributed by atoms with Gasteiger partial charge in [-0.3, -0.25) is 4.79 Å². The number of nitrogens with one attached hydrogen (secondary N) is 1. The van der Waals surface area contributed by atoms with Crippen LogP contribution in [0.3, 0.4) is 0 Å². The maximum atomic E-state index is 11.5. The molecule has 0 fully saturated rings. The fraction of sp³-hybridized carbons (Fsp3) is 0.400. The first-order valence-electron chi connectivity index (χ1n) is 4.83. The van der Waals surface area contributed by atoms with Gasteiger partial charge in [0.15, 0.2) is 0 Å². The summed E-state index contributed by atoms with van der Waals surface area (Å²) in [6, 6.07) is -0.840. The van der Waals surface area contributed by atoms with Crippen molar-refractivity contribution in [3.05, 3.63) is 19.3 Å². The minimum Gasteiger partial charge on any atom is -0.467 e. The Morgan fingerprint density at radius 3 is 2.33 bits per heavy atom. The smallest absolute Gasteiger partial charge is 0.328 e. The molecule has 100 valence electrons. The summed E-state index contributed by atoms with van der Waals surface area (Å²) in [5.74, 6) is -0.918. The first-order chi connectivity index (χ1) is 8.36. The second kappa shape index (κ2) is 6.61. The average Bonchev–Trinajstić information content (AvgIpc) is 2.53. The van der Waals surface area contributed by atoms with Crippen LogP contribution in [0.4, 0.5) is 0 Å². The van der Waals surface area contributed by atoms with Crippen LogP contribution in [0.1, 0.15) is 12.5 Å². The van der Waals surface area contributed by atoms with Gasteiger partial charge in [0.25, 0.3) is 0 Å². The Balaban J connectivity index is 2.95. The van der Waals surface area contributed by atoms with Gasteiger partial charge < -0.3 is 10.1 Å². The predicted octanol–water partition coefficient (Wildman–Crippen LogP) is 2.93. The van der Waals surface area contributed by atoms with Crippen molar-refractivity contribution in [2.45, 2.75) is 19.4 Å². The molecule has 0 radical (unpaired) electrons. The van der Waals surface area contributed by atoms with Crippen molar-refractivity contribution in [1.29, 1.82) is 0 Å². The van der Waals surface area contributed by atoms with Crippen molar-refractivity contribution in [3.8, 4) is 0 Å². The molecule has 0 aliphatic rings. The number of halogens is 3. The highest BCUT2D eigenvalue weighted by Crippen LogP contribution is 2.40. The monoisotopic (exact) mass is 329 g/mol. The van der Waals surface area contributed by atoms with Crippen molar-refractivity contribution in [2.75, 3.05) is 7.11 Å². The maximum Gasteiger partial charge on any atom is 0.328 e. The van der Waals surface area contributed by atoms with E-state index >= 15 is 0 Å². The van der Waals surface area contributed by atoms with Crippen LogP contribution < -0.4 is 5.32 Å². The summed E-state index contributed by atoms with van der Waals surface area (Å²) in [7, 11) is 1.24. The first kappa shape index (κ1) is 15.6. The molecule has 4 nitrogen and oxygen atoms in total. The largest absolute Gasteiger partial charge is 0.467 e. The Morgan fingerprint density at radius 1 is 1.33 bits per heavy atom. The zero-order chi connectivity index (χ0) is 13.9. The number of hydrogen-bond donors (Lipinski definition) is 1. The van der Waals surface area contributed by atoms with E-state index in [2.05, 4.69) is 10.1 Å². The molecule has 0 spiro atoms. The Morgan fingerprint density at radius 2 is 1.94 bits per heavy atom. The third kappa shape index (κ3) is 3.75.